The standard InChI is InChI=1S/C18H15Cl2N7/c19-13-4-2-10-5-9(1-3-12(10)14(13)20)6-23-7-11-8-24-17-15(25-11)16(21)26-18(22)27-17/h1-5,8,23H,6-7H2,(H4,21,22,24,26,27). The lowest BCUT2D eigenvalue weighted by Crippen LogP contribution is -2.14. The molecule has 9 heteroatoms. The number of nitrogens with one attached hydrogen (secondary N) is 1. The van der Waals surface area contributed by atoms with Crippen LogP contribution in [0.3, 0.4) is 0 Å². The second kappa shape index (κ2) is 7.11. The van der Waals surface area contributed by atoms with E-state index in [9.17, 15) is 0 Å². The molecule has 0 aliphatic heterocycles. The van der Waals surface area contributed by atoms with Crippen molar-refractivity contribution in [3.8, 4) is 0 Å². The second-order valence-electron chi connectivity index (χ2n) is 6.02. The molecule has 0 amide bonds. The molecule has 0 spiro atoms. The van der Waals surface area contributed by atoms with Crippen LogP contribution in [0.2, 0.25) is 10.0 Å². The molecular weight excluding hydrogens is 385 g/mol. The maximum absolute atomic E-state index is 6.24. The van der Waals surface area contributed by atoms with Gasteiger partial charge in [-0.1, -0.05) is 41.4 Å². The number of nitrogen functional groups attached to an aromatic ring is 2. The average Bonchev–Trinajstić information content (AvgIpc) is 2.65. The molecule has 2 aromatic carbocycles. The Morgan fingerprint density at radius 3 is 2.67 bits per heavy atom. The van der Waals surface area contributed by atoms with Gasteiger partial charge in [0.15, 0.2) is 17.0 Å². The first kappa shape index (κ1) is 17.7. The summed E-state index contributed by atoms with van der Waals surface area (Å²) in [4.78, 5) is 16.6. The minimum atomic E-state index is 0.0814. The van der Waals surface area contributed by atoms with E-state index in [1.807, 2.05) is 18.2 Å². The summed E-state index contributed by atoms with van der Waals surface area (Å²) in [5.41, 5.74) is 14.1. The summed E-state index contributed by atoms with van der Waals surface area (Å²) in [6, 6.07) is 9.81. The van der Waals surface area contributed by atoms with E-state index in [4.69, 9.17) is 34.7 Å². The van der Waals surface area contributed by atoms with Crippen LogP contribution in [0.4, 0.5) is 11.8 Å². The van der Waals surface area contributed by atoms with E-state index in [1.54, 1.807) is 12.3 Å². The molecule has 27 heavy (non-hydrogen) atoms. The van der Waals surface area contributed by atoms with Crippen LogP contribution in [-0.4, -0.2) is 19.9 Å². The summed E-state index contributed by atoms with van der Waals surface area (Å²) < 4.78 is 0. The number of halogens is 2. The largest absolute Gasteiger partial charge is 0.382 e. The summed E-state index contributed by atoms with van der Waals surface area (Å²) in [7, 11) is 0. The van der Waals surface area contributed by atoms with E-state index in [2.05, 4.69) is 31.3 Å². The van der Waals surface area contributed by atoms with Gasteiger partial charge in [0.1, 0.15) is 0 Å². The predicted octanol–water partition coefficient (Wildman–Crippen LogP) is 3.33. The highest BCUT2D eigenvalue weighted by Crippen LogP contribution is 2.31. The summed E-state index contributed by atoms with van der Waals surface area (Å²) in [5, 5.41) is 6.43. The lowest BCUT2D eigenvalue weighted by Gasteiger charge is -2.08. The molecule has 0 aliphatic carbocycles. The Morgan fingerprint density at radius 2 is 1.81 bits per heavy atom. The fraction of sp³-hybridized carbons (Fsp3) is 0.111. The van der Waals surface area contributed by atoms with Crippen molar-refractivity contribution in [3.05, 3.63) is 57.8 Å². The van der Waals surface area contributed by atoms with E-state index in [0.29, 0.717) is 34.3 Å². The van der Waals surface area contributed by atoms with Crippen molar-refractivity contribution in [1.82, 2.24) is 25.3 Å². The minimum Gasteiger partial charge on any atom is -0.382 e. The van der Waals surface area contributed by atoms with Crippen molar-refractivity contribution in [1.29, 1.82) is 0 Å². The molecule has 0 saturated carbocycles. The van der Waals surface area contributed by atoms with Gasteiger partial charge in [0.25, 0.3) is 0 Å². The zero-order valence-corrected chi connectivity index (χ0v) is 15.6. The number of aromatic nitrogens is 4. The maximum atomic E-state index is 6.24. The molecule has 5 N–H and O–H groups in total. The maximum Gasteiger partial charge on any atom is 0.224 e. The summed E-state index contributed by atoms with van der Waals surface area (Å²) in [5.74, 6) is 0.301. The molecule has 7 nitrogen and oxygen atoms in total. The van der Waals surface area contributed by atoms with Gasteiger partial charge in [-0.25, -0.2) is 9.97 Å². The fourth-order valence-corrected chi connectivity index (χ4v) is 3.23. The molecule has 0 atom stereocenters. The molecule has 0 saturated heterocycles. The highest BCUT2D eigenvalue weighted by atomic mass is 35.5. The molecule has 0 fully saturated rings. The smallest absolute Gasteiger partial charge is 0.224 e. The first-order valence-electron chi connectivity index (χ1n) is 8.13. The van der Waals surface area contributed by atoms with Gasteiger partial charge in [0, 0.05) is 18.5 Å². The summed E-state index contributed by atoms with van der Waals surface area (Å²) in [6.45, 7) is 1.18. The Kier molecular flexibility index (Phi) is 4.65. The summed E-state index contributed by atoms with van der Waals surface area (Å²) in [6.07, 6.45) is 1.64. The topological polar surface area (TPSA) is 116 Å². The van der Waals surface area contributed by atoms with Crippen LogP contribution in [0.25, 0.3) is 21.9 Å². The van der Waals surface area contributed by atoms with Crippen molar-refractivity contribution in [3.63, 3.8) is 0 Å². The van der Waals surface area contributed by atoms with Gasteiger partial charge in [0.05, 0.1) is 21.9 Å². The SMILES string of the molecule is Nc1nc(N)c2nc(CNCc3ccc4c(Cl)c(Cl)ccc4c3)cnc2n1. The number of rotatable bonds is 4. The van der Waals surface area contributed by atoms with E-state index >= 15 is 0 Å². The molecule has 2 aromatic heterocycles. The van der Waals surface area contributed by atoms with Crippen LogP contribution < -0.4 is 16.8 Å². The van der Waals surface area contributed by atoms with E-state index in [0.717, 1.165) is 22.0 Å². The van der Waals surface area contributed by atoms with Crippen LogP contribution in [0.15, 0.2) is 36.5 Å². The minimum absolute atomic E-state index is 0.0814. The number of nitrogens with two attached hydrogens (primary N) is 2. The fourth-order valence-electron chi connectivity index (χ4n) is 2.83. The number of fused-ring (bicyclic) bond motifs is 2. The third-order valence-corrected chi connectivity index (χ3v) is 4.93. The van der Waals surface area contributed by atoms with Crippen LogP contribution >= 0.6 is 23.2 Å². The van der Waals surface area contributed by atoms with Crippen LogP contribution in [0, 0.1) is 0 Å². The third-order valence-electron chi connectivity index (χ3n) is 4.11. The Morgan fingerprint density at radius 1 is 0.963 bits per heavy atom. The normalized spacial score (nSPS) is 11.3. The summed E-state index contributed by atoms with van der Waals surface area (Å²) >= 11 is 12.3. The number of hydrogen-bond donors (Lipinski definition) is 3. The first-order chi connectivity index (χ1) is 13.0. The Hall–Kier alpha value is -2.74. The van der Waals surface area contributed by atoms with Gasteiger partial charge in [0.2, 0.25) is 5.95 Å². The van der Waals surface area contributed by atoms with Crippen molar-refractivity contribution in [2.75, 3.05) is 11.5 Å². The van der Waals surface area contributed by atoms with E-state index in [-0.39, 0.29) is 11.8 Å². The number of hydrogen-bond acceptors (Lipinski definition) is 7. The quantitative estimate of drug-likeness (QED) is 0.481. The van der Waals surface area contributed by atoms with Crippen LogP contribution in [0.5, 0.6) is 0 Å². The van der Waals surface area contributed by atoms with Crippen molar-refractivity contribution in [2.45, 2.75) is 13.1 Å². The van der Waals surface area contributed by atoms with Crippen LogP contribution in [-0.2, 0) is 13.1 Å². The Balaban J connectivity index is 1.49. The van der Waals surface area contributed by atoms with Crippen LogP contribution in [0.1, 0.15) is 11.3 Å². The second-order valence-corrected chi connectivity index (χ2v) is 6.81. The molecule has 0 radical (unpaired) electrons. The highest BCUT2D eigenvalue weighted by molar-refractivity contribution is 6.45. The van der Waals surface area contributed by atoms with Crippen molar-refractivity contribution >= 4 is 56.9 Å². The number of benzene rings is 2. The molecule has 0 unspecified atom stereocenters. The lowest BCUT2D eigenvalue weighted by atomic mass is 10.1. The molecule has 0 bridgehead atoms. The first-order valence-corrected chi connectivity index (χ1v) is 8.89. The van der Waals surface area contributed by atoms with Gasteiger partial charge >= 0.3 is 0 Å². The predicted molar refractivity (Wildman–Crippen MR) is 108 cm³/mol. The van der Waals surface area contributed by atoms with Gasteiger partial charge in [-0.3, -0.25) is 0 Å². The lowest BCUT2D eigenvalue weighted by molar-refractivity contribution is 0.680. The number of nitrogens with zero attached hydrogens (tertiary/aromatic N) is 4. The monoisotopic (exact) mass is 399 g/mol. The zero-order valence-electron chi connectivity index (χ0n) is 14.1. The molecule has 4 rings (SSSR count). The van der Waals surface area contributed by atoms with E-state index in [1.165, 1.54) is 0 Å². The van der Waals surface area contributed by atoms with Gasteiger partial charge in [-0.2, -0.15) is 9.97 Å². The third kappa shape index (κ3) is 3.57. The molecule has 0 aliphatic rings. The molecule has 2 heterocycles. The Labute approximate surface area is 164 Å². The van der Waals surface area contributed by atoms with Crippen molar-refractivity contribution in [2.24, 2.45) is 0 Å². The average molecular weight is 400 g/mol. The molecular formula is C18H15Cl2N7. The highest BCUT2D eigenvalue weighted by Gasteiger charge is 2.08. The number of anilines is 2. The molecule has 4 aromatic rings. The van der Waals surface area contributed by atoms with Gasteiger partial charge in [-0.15, -0.1) is 0 Å². The van der Waals surface area contributed by atoms with Crippen molar-refractivity contribution < 1.29 is 0 Å². The Bertz CT molecular complexity index is 1160. The van der Waals surface area contributed by atoms with E-state index < -0.39 is 0 Å². The molecule has 136 valence electrons. The van der Waals surface area contributed by atoms with Gasteiger partial charge in [-0.05, 0) is 23.1 Å². The zero-order chi connectivity index (χ0) is 19.0. The van der Waals surface area contributed by atoms with Gasteiger partial charge < -0.3 is 16.8 Å².